The Kier molecular flexibility index (Phi) is 3.10. The average Bonchev–Trinajstić information content (AvgIpc) is 2.91. The van der Waals surface area contributed by atoms with Gasteiger partial charge in [0.15, 0.2) is 0 Å². The number of rotatable bonds is 1. The molecule has 4 rings (SSSR count). The zero-order chi connectivity index (χ0) is 17.0. The first-order valence-corrected chi connectivity index (χ1v) is 7.73. The maximum Gasteiger partial charge on any atom is 0.364 e. The number of imidazole rings is 1. The van der Waals surface area contributed by atoms with Crippen LogP contribution in [0.4, 0.5) is 11.6 Å². The molecule has 0 aliphatic carbocycles. The highest BCUT2D eigenvalue weighted by Gasteiger charge is 2.36. The van der Waals surface area contributed by atoms with E-state index in [2.05, 4.69) is 9.97 Å². The summed E-state index contributed by atoms with van der Waals surface area (Å²) in [6.07, 6.45) is -0.626. The lowest BCUT2D eigenvalue weighted by Gasteiger charge is -2.25. The minimum atomic E-state index is -0.626. The minimum Gasteiger partial charge on any atom is -0.386 e. The maximum atomic E-state index is 12.3. The molecule has 0 amide bonds. The van der Waals surface area contributed by atoms with Gasteiger partial charge in [-0.15, -0.1) is 0 Å². The van der Waals surface area contributed by atoms with Crippen LogP contribution < -0.4 is 20.7 Å². The molecule has 3 aromatic rings. The molecule has 1 aromatic carbocycles. The number of benzene rings is 1. The summed E-state index contributed by atoms with van der Waals surface area (Å²) in [7, 11) is 1.59. The van der Waals surface area contributed by atoms with Crippen molar-refractivity contribution >= 4 is 22.8 Å². The van der Waals surface area contributed by atoms with E-state index in [0.717, 1.165) is 11.3 Å². The van der Waals surface area contributed by atoms with Crippen LogP contribution >= 0.6 is 0 Å². The monoisotopic (exact) mass is 328 g/mol. The number of aromatic amines is 2. The number of aryl methyl sites for hydroxylation is 2. The summed E-state index contributed by atoms with van der Waals surface area (Å²) in [4.78, 5) is 31.5. The Morgan fingerprint density at radius 1 is 1.29 bits per heavy atom. The van der Waals surface area contributed by atoms with E-state index < -0.39 is 17.4 Å². The van der Waals surface area contributed by atoms with Crippen molar-refractivity contribution in [2.75, 3.05) is 11.4 Å². The molecule has 1 aliphatic heterocycles. The molecule has 1 aliphatic rings. The summed E-state index contributed by atoms with van der Waals surface area (Å²) in [5.41, 5.74) is 1.85. The molecule has 3 N–H and O–H groups in total. The summed E-state index contributed by atoms with van der Waals surface area (Å²) in [6.45, 7) is 2.69. The molecule has 0 bridgehead atoms. The van der Waals surface area contributed by atoms with Crippen molar-refractivity contribution in [3.05, 3.63) is 50.7 Å². The Hall–Kier alpha value is -2.87. The fourth-order valence-corrected chi connectivity index (χ4v) is 3.26. The SMILES string of the molecule is Cc1cccc(N2CC(O)C[n+]3c2[nH]c2c3c(=O)[nH]c(=O)n2C)c1. The molecule has 0 fully saturated rings. The molecule has 0 spiro atoms. The van der Waals surface area contributed by atoms with E-state index in [-0.39, 0.29) is 0 Å². The molecule has 0 saturated heterocycles. The van der Waals surface area contributed by atoms with Crippen molar-refractivity contribution in [3.63, 3.8) is 0 Å². The molecule has 124 valence electrons. The van der Waals surface area contributed by atoms with Crippen LogP contribution in [-0.4, -0.2) is 32.3 Å². The second-order valence-electron chi connectivity index (χ2n) is 6.18. The van der Waals surface area contributed by atoms with Gasteiger partial charge in [-0.2, -0.15) is 0 Å². The topological polar surface area (TPSA) is 98.0 Å². The van der Waals surface area contributed by atoms with Crippen LogP contribution in [0.1, 0.15) is 5.56 Å². The molecule has 1 atom stereocenters. The lowest BCUT2D eigenvalue weighted by atomic mass is 10.2. The van der Waals surface area contributed by atoms with Crippen molar-refractivity contribution in [3.8, 4) is 0 Å². The zero-order valence-electron chi connectivity index (χ0n) is 13.4. The standard InChI is InChI=1S/C16H17N5O3/c1-9-4-3-5-10(6-9)20-7-11(22)8-21-12-13(17-15(20)21)19(2)16(24)18-14(12)23/h3-6,11,22H,7-8H2,1-2H3,(H,18,23,24)/p+1. The lowest BCUT2D eigenvalue weighted by molar-refractivity contribution is -0.670. The smallest absolute Gasteiger partial charge is 0.364 e. The summed E-state index contributed by atoms with van der Waals surface area (Å²) in [5, 5.41) is 10.3. The van der Waals surface area contributed by atoms with Gasteiger partial charge in [0.25, 0.3) is 5.56 Å². The van der Waals surface area contributed by atoms with Gasteiger partial charge in [-0.3, -0.25) is 14.3 Å². The number of aliphatic hydroxyl groups is 1. The van der Waals surface area contributed by atoms with Crippen LogP contribution in [0, 0.1) is 6.92 Å². The van der Waals surface area contributed by atoms with E-state index in [4.69, 9.17) is 0 Å². The van der Waals surface area contributed by atoms with E-state index in [9.17, 15) is 14.7 Å². The highest BCUT2D eigenvalue weighted by molar-refractivity contribution is 5.70. The Morgan fingerprint density at radius 2 is 2.08 bits per heavy atom. The van der Waals surface area contributed by atoms with Crippen LogP contribution in [0.2, 0.25) is 0 Å². The van der Waals surface area contributed by atoms with E-state index in [1.54, 1.807) is 11.6 Å². The van der Waals surface area contributed by atoms with Crippen LogP contribution in [0.5, 0.6) is 0 Å². The third-order valence-corrected chi connectivity index (χ3v) is 4.41. The molecule has 8 heteroatoms. The molecule has 2 aromatic heterocycles. The molecule has 3 heterocycles. The van der Waals surface area contributed by atoms with Crippen molar-refractivity contribution in [1.82, 2.24) is 14.5 Å². The van der Waals surface area contributed by atoms with Gasteiger partial charge in [0, 0.05) is 7.05 Å². The summed E-state index contributed by atoms with van der Waals surface area (Å²) < 4.78 is 3.09. The number of anilines is 2. The van der Waals surface area contributed by atoms with Gasteiger partial charge >= 0.3 is 11.6 Å². The van der Waals surface area contributed by atoms with Gasteiger partial charge in [0.2, 0.25) is 11.2 Å². The van der Waals surface area contributed by atoms with Gasteiger partial charge in [-0.1, -0.05) is 12.1 Å². The predicted molar refractivity (Wildman–Crippen MR) is 88.5 cm³/mol. The Labute approximate surface area is 136 Å². The van der Waals surface area contributed by atoms with Gasteiger partial charge < -0.3 is 5.11 Å². The van der Waals surface area contributed by atoms with Crippen molar-refractivity contribution in [2.45, 2.75) is 19.6 Å². The average molecular weight is 328 g/mol. The summed E-state index contributed by atoms with van der Waals surface area (Å²) in [6, 6.07) is 7.90. The largest absolute Gasteiger partial charge is 0.386 e. The van der Waals surface area contributed by atoms with Gasteiger partial charge in [0.1, 0.15) is 24.9 Å². The molecule has 0 saturated carbocycles. The summed E-state index contributed by atoms with van der Waals surface area (Å²) >= 11 is 0. The van der Waals surface area contributed by atoms with E-state index in [1.807, 2.05) is 36.1 Å². The number of H-pyrrole nitrogens is 2. The Morgan fingerprint density at radius 3 is 2.83 bits per heavy atom. The predicted octanol–water partition coefficient (Wildman–Crippen LogP) is -0.337. The zero-order valence-corrected chi connectivity index (χ0v) is 13.4. The molecule has 24 heavy (non-hydrogen) atoms. The van der Waals surface area contributed by atoms with Crippen molar-refractivity contribution in [1.29, 1.82) is 0 Å². The van der Waals surface area contributed by atoms with E-state index in [1.165, 1.54) is 4.57 Å². The quantitative estimate of drug-likeness (QED) is 0.533. The normalized spacial score (nSPS) is 17.3. The Balaban J connectivity index is 2.02. The number of aliphatic hydroxyl groups excluding tert-OH is 1. The number of β-amino-alcohol motifs (C(OH)–C–C–N with tert-alkyl or cyclic N) is 1. The molecular weight excluding hydrogens is 310 g/mol. The third kappa shape index (κ3) is 2.07. The first-order valence-electron chi connectivity index (χ1n) is 7.73. The highest BCUT2D eigenvalue weighted by atomic mass is 16.3. The fraction of sp³-hybridized carbons (Fsp3) is 0.312. The second kappa shape index (κ2) is 5.07. The van der Waals surface area contributed by atoms with Gasteiger partial charge in [-0.25, -0.2) is 19.2 Å². The van der Waals surface area contributed by atoms with Crippen LogP contribution in [0.25, 0.3) is 11.2 Å². The lowest BCUT2D eigenvalue weighted by Crippen LogP contribution is -2.54. The van der Waals surface area contributed by atoms with Gasteiger partial charge in [-0.05, 0) is 24.6 Å². The first-order chi connectivity index (χ1) is 11.5. The highest BCUT2D eigenvalue weighted by Crippen LogP contribution is 2.26. The second-order valence-corrected chi connectivity index (χ2v) is 6.18. The van der Waals surface area contributed by atoms with Crippen LogP contribution in [-0.2, 0) is 13.6 Å². The van der Waals surface area contributed by atoms with E-state index in [0.29, 0.717) is 30.2 Å². The van der Waals surface area contributed by atoms with Crippen LogP contribution in [0.15, 0.2) is 33.9 Å². The number of nitrogens with zero attached hydrogens (tertiary/aromatic N) is 3. The maximum absolute atomic E-state index is 12.3. The number of aromatic nitrogens is 4. The number of hydrogen-bond donors (Lipinski definition) is 3. The van der Waals surface area contributed by atoms with Gasteiger partial charge in [0.05, 0.1) is 0 Å². The van der Waals surface area contributed by atoms with Crippen molar-refractivity contribution < 1.29 is 9.67 Å². The van der Waals surface area contributed by atoms with Crippen molar-refractivity contribution in [2.24, 2.45) is 7.05 Å². The molecule has 8 nitrogen and oxygen atoms in total. The Bertz CT molecular complexity index is 1060. The molecule has 0 radical (unpaired) electrons. The number of hydrogen-bond acceptors (Lipinski definition) is 4. The number of fused-ring (bicyclic) bond motifs is 3. The molecule has 1 unspecified atom stereocenters. The fourth-order valence-electron chi connectivity index (χ4n) is 3.26. The third-order valence-electron chi connectivity index (χ3n) is 4.41. The first kappa shape index (κ1) is 14.7. The summed E-state index contributed by atoms with van der Waals surface area (Å²) in [5.74, 6) is 0.674. The van der Waals surface area contributed by atoms with Crippen LogP contribution in [0.3, 0.4) is 0 Å². The number of nitrogens with one attached hydrogen (secondary N) is 2. The minimum absolute atomic E-state index is 0.291. The van der Waals surface area contributed by atoms with E-state index >= 15 is 0 Å². The molecular formula is C16H18N5O3+.